The standard InChI is InChI=1S/C13H15BrFN/c14-10-6-7(4-5-11(10)15)13(16)12-8-2-1-3-9(8)12/h4-6,8-9,12-13H,1-3,16H2. The molecule has 0 amide bonds. The first-order chi connectivity index (χ1) is 7.68. The van der Waals surface area contributed by atoms with Crippen molar-refractivity contribution in [1.29, 1.82) is 0 Å². The highest BCUT2D eigenvalue weighted by Gasteiger charge is 2.55. The molecule has 2 fully saturated rings. The van der Waals surface area contributed by atoms with Crippen LogP contribution in [0.1, 0.15) is 30.9 Å². The Hall–Kier alpha value is -0.410. The highest BCUT2D eigenvalue weighted by atomic mass is 79.9. The van der Waals surface area contributed by atoms with Crippen LogP contribution in [0.2, 0.25) is 0 Å². The van der Waals surface area contributed by atoms with E-state index in [1.807, 2.05) is 12.1 Å². The number of halogens is 2. The van der Waals surface area contributed by atoms with E-state index in [9.17, 15) is 4.39 Å². The van der Waals surface area contributed by atoms with E-state index in [2.05, 4.69) is 15.9 Å². The molecule has 0 aliphatic heterocycles. The largest absolute Gasteiger partial charge is 0.324 e. The van der Waals surface area contributed by atoms with E-state index in [1.54, 1.807) is 0 Å². The molecule has 2 N–H and O–H groups in total. The van der Waals surface area contributed by atoms with Crippen LogP contribution < -0.4 is 5.73 Å². The predicted octanol–water partition coefficient (Wildman–Crippen LogP) is 3.63. The van der Waals surface area contributed by atoms with Crippen molar-refractivity contribution in [2.75, 3.05) is 0 Å². The van der Waals surface area contributed by atoms with E-state index in [4.69, 9.17) is 5.73 Å². The maximum Gasteiger partial charge on any atom is 0.137 e. The molecule has 2 aliphatic carbocycles. The van der Waals surface area contributed by atoms with Gasteiger partial charge >= 0.3 is 0 Å². The Morgan fingerprint density at radius 3 is 2.62 bits per heavy atom. The van der Waals surface area contributed by atoms with Crippen LogP contribution in [0.15, 0.2) is 22.7 Å². The number of rotatable bonds is 2. The fraction of sp³-hybridized carbons (Fsp3) is 0.538. The minimum atomic E-state index is -0.216. The van der Waals surface area contributed by atoms with Gasteiger partial charge < -0.3 is 5.73 Å². The summed E-state index contributed by atoms with van der Waals surface area (Å²) in [5.41, 5.74) is 7.33. The summed E-state index contributed by atoms with van der Waals surface area (Å²) < 4.78 is 13.6. The lowest BCUT2D eigenvalue weighted by Crippen LogP contribution is -2.15. The summed E-state index contributed by atoms with van der Waals surface area (Å²) in [6.45, 7) is 0. The Morgan fingerprint density at radius 2 is 2.00 bits per heavy atom. The maximum absolute atomic E-state index is 13.1. The van der Waals surface area contributed by atoms with Crippen LogP contribution in [-0.4, -0.2) is 0 Å². The molecular formula is C13H15BrFN. The first kappa shape index (κ1) is 10.7. The fourth-order valence-electron chi connectivity index (χ4n) is 3.35. The minimum Gasteiger partial charge on any atom is -0.324 e. The van der Waals surface area contributed by atoms with Crippen molar-refractivity contribution in [3.63, 3.8) is 0 Å². The SMILES string of the molecule is NC(c1ccc(F)c(Br)c1)C1C2CCCC21. The number of fused-ring (bicyclic) bond motifs is 1. The molecule has 3 atom stereocenters. The molecule has 1 nitrogen and oxygen atoms in total. The number of hydrogen-bond acceptors (Lipinski definition) is 1. The summed E-state index contributed by atoms with van der Waals surface area (Å²) in [4.78, 5) is 0. The van der Waals surface area contributed by atoms with Crippen molar-refractivity contribution in [2.24, 2.45) is 23.5 Å². The zero-order valence-corrected chi connectivity index (χ0v) is 10.6. The summed E-state index contributed by atoms with van der Waals surface area (Å²) in [6.07, 6.45) is 4.04. The molecule has 3 unspecified atom stereocenters. The van der Waals surface area contributed by atoms with Gasteiger partial charge in [0.05, 0.1) is 4.47 Å². The first-order valence-electron chi connectivity index (χ1n) is 5.89. The third kappa shape index (κ3) is 1.61. The molecule has 1 aromatic rings. The van der Waals surface area contributed by atoms with E-state index in [1.165, 1.54) is 25.3 Å². The summed E-state index contributed by atoms with van der Waals surface area (Å²) in [5.74, 6) is 2.12. The van der Waals surface area contributed by atoms with Crippen LogP contribution >= 0.6 is 15.9 Å². The Kier molecular flexibility index (Phi) is 2.55. The molecule has 0 saturated heterocycles. The summed E-state index contributed by atoms with van der Waals surface area (Å²) in [6, 6.07) is 5.23. The Bertz CT molecular complexity index is 410. The molecular weight excluding hydrogens is 269 g/mol. The van der Waals surface area contributed by atoms with Gasteiger partial charge in [0.25, 0.3) is 0 Å². The topological polar surface area (TPSA) is 26.0 Å². The molecule has 86 valence electrons. The number of nitrogens with two attached hydrogens (primary N) is 1. The van der Waals surface area contributed by atoms with Crippen molar-refractivity contribution in [3.05, 3.63) is 34.1 Å². The number of benzene rings is 1. The molecule has 0 radical (unpaired) electrons. The second kappa shape index (κ2) is 3.81. The molecule has 1 aromatic carbocycles. The summed E-state index contributed by atoms with van der Waals surface area (Å²) >= 11 is 3.21. The average Bonchev–Trinajstić information content (AvgIpc) is 2.74. The van der Waals surface area contributed by atoms with Crippen LogP contribution in [0.3, 0.4) is 0 Å². The monoisotopic (exact) mass is 283 g/mol. The van der Waals surface area contributed by atoms with Gasteiger partial charge in [-0.2, -0.15) is 0 Å². The molecule has 16 heavy (non-hydrogen) atoms. The molecule has 0 bridgehead atoms. The lowest BCUT2D eigenvalue weighted by atomic mass is 9.98. The predicted molar refractivity (Wildman–Crippen MR) is 65.3 cm³/mol. The molecule has 0 aromatic heterocycles. The second-order valence-corrected chi connectivity index (χ2v) is 5.89. The Labute approximate surface area is 103 Å². The Morgan fingerprint density at radius 1 is 1.31 bits per heavy atom. The normalized spacial score (nSPS) is 33.6. The van der Waals surface area contributed by atoms with Crippen molar-refractivity contribution < 1.29 is 4.39 Å². The van der Waals surface area contributed by atoms with Crippen LogP contribution in [0.5, 0.6) is 0 Å². The van der Waals surface area contributed by atoms with E-state index < -0.39 is 0 Å². The summed E-state index contributed by atoms with van der Waals surface area (Å²) in [5, 5.41) is 0. The zero-order chi connectivity index (χ0) is 11.3. The molecule has 2 aliphatic rings. The van der Waals surface area contributed by atoms with Crippen LogP contribution in [-0.2, 0) is 0 Å². The molecule has 2 saturated carbocycles. The van der Waals surface area contributed by atoms with Gasteiger partial charge in [-0.15, -0.1) is 0 Å². The first-order valence-corrected chi connectivity index (χ1v) is 6.68. The lowest BCUT2D eigenvalue weighted by molar-refractivity contribution is 0.500. The minimum absolute atomic E-state index is 0.0900. The molecule has 3 heteroatoms. The van der Waals surface area contributed by atoms with Crippen LogP contribution in [0, 0.1) is 23.6 Å². The van der Waals surface area contributed by atoms with E-state index in [0.29, 0.717) is 10.4 Å². The molecule has 3 rings (SSSR count). The van der Waals surface area contributed by atoms with Crippen molar-refractivity contribution >= 4 is 15.9 Å². The van der Waals surface area contributed by atoms with Gasteiger partial charge in [-0.3, -0.25) is 0 Å². The van der Waals surface area contributed by atoms with E-state index >= 15 is 0 Å². The van der Waals surface area contributed by atoms with Crippen LogP contribution in [0.25, 0.3) is 0 Å². The summed E-state index contributed by atoms with van der Waals surface area (Å²) in [7, 11) is 0. The lowest BCUT2D eigenvalue weighted by Gasteiger charge is -2.14. The van der Waals surface area contributed by atoms with E-state index in [-0.39, 0.29) is 11.9 Å². The maximum atomic E-state index is 13.1. The number of hydrogen-bond donors (Lipinski definition) is 1. The quantitative estimate of drug-likeness (QED) is 0.881. The average molecular weight is 284 g/mol. The third-order valence-electron chi connectivity index (χ3n) is 4.22. The van der Waals surface area contributed by atoms with Gasteiger partial charge in [-0.25, -0.2) is 4.39 Å². The second-order valence-electron chi connectivity index (χ2n) is 5.04. The third-order valence-corrected chi connectivity index (χ3v) is 4.82. The zero-order valence-electron chi connectivity index (χ0n) is 9.00. The fourth-order valence-corrected chi connectivity index (χ4v) is 3.75. The van der Waals surface area contributed by atoms with Gasteiger partial charge in [0.2, 0.25) is 0 Å². The van der Waals surface area contributed by atoms with E-state index in [0.717, 1.165) is 17.4 Å². The van der Waals surface area contributed by atoms with Gasteiger partial charge in [0.1, 0.15) is 5.82 Å². The van der Waals surface area contributed by atoms with Crippen LogP contribution in [0.4, 0.5) is 4.39 Å². The van der Waals surface area contributed by atoms with Gasteiger partial charge in [0, 0.05) is 6.04 Å². The highest BCUT2D eigenvalue weighted by molar-refractivity contribution is 9.10. The molecule has 0 spiro atoms. The van der Waals surface area contributed by atoms with Crippen molar-refractivity contribution in [2.45, 2.75) is 25.3 Å². The van der Waals surface area contributed by atoms with Crippen molar-refractivity contribution in [1.82, 2.24) is 0 Å². The highest BCUT2D eigenvalue weighted by Crippen LogP contribution is 2.61. The van der Waals surface area contributed by atoms with Gasteiger partial charge in [0.15, 0.2) is 0 Å². The van der Waals surface area contributed by atoms with Gasteiger partial charge in [-0.05, 0) is 64.2 Å². The Balaban J connectivity index is 1.79. The van der Waals surface area contributed by atoms with Crippen molar-refractivity contribution in [3.8, 4) is 0 Å². The van der Waals surface area contributed by atoms with Gasteiger partial charge in [-0.1, -0.05) is 12.5 Å². The molecule has 0 heterocycles. The smallest absolute Gasteiger partial charge is 0.137 e.